The molecule has 1 fully saturated rings. The highest BCUT2D eigenvalue weighted by atomic mass is 32.2. The van der Waals surface area contributed by atoms with Crippen LogP contribution in [-0.2, 0) is 0 Å². The lowest BCUT2D eigenvalue weighted by atomic mass is 10.3. The van der Waals surface area contributed by atoms with Gasteiger partial charge in [-0.25, -0.2) is 4.98 Å². The Morgan fingerprint density at radius 3 is 3.12 bits per heavy atom. The van der Waals surface area contributed by atoms with Crippen LogP contribution in [0.4, 0.5) is 5.13 Å². The third-order valence-corrected chi connectivity index (χ3v) is 4.85. The van der Waals surface area contributed by atoms with Gasteiger partial charge in [-0.3, -0.25) is 0 Å². The van der Waals surface area contributed by atoms with Crippen LogP contribution < -0.4 is 10.2 Å². The molecule has 1 aromatic rings. The van der Waals surface area contributed by atoms with Gasteiger partial charge in [-0.15, -0.1) is 11.3 Å². The average Bonchev–Trinajstić information content (AvgIpc) is 2.64. The average molecular weight is 257 g/mol. The summed E-state index contributed by atoms with van der Waals surface area (Å²) in [5.74, 6) is 2.53. The van der Waals surface area contributed by atoms with Crippen LogP contribution in [0.25, 0.3) is 0 Å². The maximum Gasteiger partial charge on any atom is 0.185 e. The van der Waals surface area contributed by atoms with Crippen molar-refractivity contribution in [1.82, 2.24) is 10.3 Å². The van der Waals surface area contributed by atoms with E-state index >= 15 is 0 Å². The summed E-state index contributed by atoms with van der Waals surface area (Å²) in [5, 5.41) is 6.60. The molecule has 90 valence electrons. The molecule has 1 saturated heterocycles. The fourth-order valence-corrected chi connectivity index (χ4v) is 3.57. The molecule has 0 bridgehead atoms. The second kappa shape index (κ2) is 5.89. The monoisotopic (exact) mass is 257 g/mol. The number of thioether (sulfide) groups is 1. The second-order valence-electron chi connectivity index (χ2n) is 4.02. The highest BCUT2D eigenvalue weighted by molar-refractivity contribution is 7.99. The van der Waals surface area contributed by atoms with Crippen molar-refractivity contribution in [2.75, 3.05) is 36.5 Å². The molecule has 0 spiro atoms. The molecule has 1 atom stereocenters. The highest BCUT2D eigenvalue weighted by Gasteiger charge is 2.15. The Kier molecular flexibility index (Phi) is 4.49. The predicted molar refractivity (Wildman–Crippen MR) is 73.7 cm³/mol. The third kappa shape index (κ3) is 2.90. The Morgan fingerprint density at radius 1 is 1.44 bits per heavy atom. The summed E-state index contributed by atoms with van der Waals surface area (Å²) in [7, 11) is 1.98. The minimum atomic E-state index is 0.353. The van der Waals surface area contributed by atoms with E-state index in [2.05, 4.69) is 34.3 Å². The molecule has 5 heteroatoms. The molecule has 0 radical (unpaired) electrons. The minimum Gasteiger partial charge on any atom is -0.347 e. The lowest BCUT2D eigenvalue weighted by Crippen LogP contribution is -2.25. The summed E-state index contributed by atoms with van der Waals surface area (Å²) in [6.07, 6.45) is 1.28. The Bertz CT molecular complexity index is 319. The van der Waals surface area contributed by atoms with Gasteiger partial charge >= 0.3 is 0 Å². The number of nitrogens with zero attached hydrogens (tertiary/aromatic N) is 2. The van der Waals surface area contributed by atoms with E-state index in [0.717, 1.165) is 13.1 Å². The van der Waals surface area contributed by atoms with Crippen molar-refractivity contribution in [3.8, 4) is 0 Å². The zero-order valence-electron chi connectivity index (χ0n) is 9.90. The summed E-state index contributed by atoms with van der Waals surface area (Å²) in [4.78, 5) is 7.15. The van der Waals surface area contributed by atoms with Gasteiger partial charge in [-0.05, 0) is 26.1 Å². The third-order valence-electron chi connectivity index (χ3n) is 2.88. The fraction of sp³-hybridized carbons (Fsp3) is 0.727. The lowest BCUT2D eigenvalue weighted by Gasteiger charge is -2.18. The number of hydrogen-bond donors (Lipinski definition) is 1. The van der Waals surface area contributed by atoms with Crippen LogP contribution in [0, 0.1) is 0 Å². The van der Waals surface area contributed by atoms with E-state index in [0.29, 0.717) is 6.04 Å². The standard InChI is InChI=1S/C11H19N3S2/c1-9(12-2)10-8-16-11(13-10)14-4-3-6-15-7-5-14/h8-9,12H,3-7H2,1-2H3. The quantitative estimate of drug-likeness (QED) is 0.900. The number of rotatable bonds is 3. The molecule has 0 aliphatic carbocycles. The first-order valence-electron chi connectivity index (χ1n) is 5.76. The molecule has 0 saturated carbocycles. The van der Waals surface area contributed by atoms with Crippen LogP contribution in [0.3, 0.4) is 0 Å². The number of thiazole rings is 1. The van der Waals surface area contributed by atoms with Gasteiger partial charge in [0, 0.05) is 30.3 Å². The molecule has 1 aromatic heterocycles. The molecular formula is C11H19N3S2. The summed E-state index contributed by atoms with van der Waals surface area (Å²) < 4.78 is 0. The van der Waals surface area contributed by atoms with E-state index in [9.17, 15) is 0 Å². The topological polar surface area (TPSA) is 28.2 Å². The zero-order valence-corrected chi connectivity index (χ0v) is 11.5. The summed E-state index contributed by atoms with van der Waals surface area (Å²) >= 11 is 3.83. The number of aromatic nitrogens is 1. The van der Waals surface area contributed by atoms with E-state index in [1.165, 1.54) is 28.8 Å². The molecule has 0 amide bonds. The molecule has 1 aliphatic rings. The van der Waals surface area contributed by atoms with Crippen molar-refractivity contribution >= 4 is 28.2 Å². The van der Waals surface area contributed by atoms with Crippen LogP contribution in [-0.4, -0.2) is 36.6 Å². The first-order chi connectivity index (χ1) is 7.81. The number of hydrogen-bond acceptors (Lipinski definition) is 5. The van der Waals surface area contributed by atoms with Gasteiger partial charge in [0.1, 0.15) is 0 Å². The maximum atomic E-state index is 4.72. The van der Waals surface area contributed by atoms with Crippen LogP contribution in [0.15, 0.2) is 5.38 Å². The van der Waals surface area contributed by atoms with Gasteiger partial charge in [0.05, 0.1) is 5.69 Å². The Morgan fingerprint density at radius 2 is 2.31 bits per heavy atom. The normalized spacial score (nSPS) is 19.5. The first-order valence-corrected chi connectivity index (χ1v) is 7.80. The smallest absolute Gasteiger partial charge is 0.185 e. The van der Waals surface area contributed by atoms with Gasteiger partial charge in [-0.2, -0.15) is 11.8 Å². The van der Waals surface area contributed by atoms with E-state index in [-0.39, 0.29) is 0 Å². The van der Waals surface area contributed by atoms with Gasteiger partial charge in [0.2, 0.25) is 0 Å². The van der Waals surface area contributed by atoms with Crippen LogP contribution in [0.1, 0.15) is 25.1 Å². The van der Waals surface area contributed by atoms with E-state index < -0.39 is 0 Å². The van der Waals surface area contributed by atoms with E-state index in [1.807, 2.05) is 7.05 Å². The first kappa shape index (κ1) is 12.2. The minimum absolute atomic E-state index is 0.353. The Balaban J connectivity index is 2.05. The summed E-state index contributed by atoms with van der Waals surface area (Å²) in [5.41, 5.74) is 1.17. The molecule has 1 aliphatic heterocycles. The molecular weight excluding hydrogens is 238 g/mol. The van der Waals surface area contributed by atoms with E-state index in [4.69, 9.17) is 4.98 Å². The van der Waals surface area contributed by atoms with Crippen molar-refractivity contribution in [3.05, 3.63) is 11.1 Å². The summed E-state index contributed by atoms with van der Waals surface area (Å²) in [6.45, 7) is 4.45. The number of nitrogens with one attached hydrogen (secondary N) is 1. The van der Waals surface area contributed by atoms with Gasteiger partial charge < -0.3 is 10.2 Å². The zero-order chi connectivity index (χ0) is 11.4. The molecule has 2 heterocycles. The second-order valence-corrected chi connectivity index (χ2v) is 6.08. The van der Waals surface area contributed by atoms with Crippen molar-refractivity contribution in [2.24, 2.45) is 0 Å². The van der Waals surface area contributed by atoms with Gasteiger partial charge in [0.15, 0.2) is 5.13 Å². The van der Waals surface area contributed by atoms with Gasteiger partial charge in [0.25, 0.3) is 0 Å². The number of anilines is 1. The van der Waals surface area contributed by atoms with Crippen molar-refractivity contribution in [2.45, 2.75) is 19.4 Å². The molecule has 16 heavy (non-hydrogen) atoms. The largest absolute Gasteiger partial charge is 0.347 e. The van der Waals surface area contributed by atoms with Crippen molar-refractivity contribution < 1.29 is 0 Å². The Labute approximate surface area is 106 Å². The van der Waals surface area contributed by atoms with Crippen LogP contribution >= 0.6 is 23.1 Å². The van der Waals surface area contributed by atoms with Crippen LogP contribution in [0.2, 0.25) is 0 Å². The summed E-state index contributed by atoms with van der Waals surface area (Å²) in [6, 6.07) is 0.353. The molecule has 1 unspecified atom stereocenters. The van der Waals surface area contributed by atoms with Crippen LogP contribution in [0.5, 0.6) is 0 Å². The Hall–Kier alpha value is -0.260. The fourth-order valence-electron chi connectivity index (χ4n) is 1.71. The molecule has 0 aromatic carbocycles. The highest BCUT2D eigenvalue weighted by Crippen LogP contribution is 2.25. The van der Waals surface area contributed by atoms with Crippen molar-refractivity contribution in [3.63, 3.8) is 0 Å². The van der Waals surface area contributed by atoms with Gasteiger partial charge in [-0.1, -0.05) is 0 Å². The maximum absolute atomic E-state index is 4.72. The predicted octanol–water partition coefficient (Wildman–Crippen LogP) is 2.37. The van der Waals surface area contributed by atoms with Crippen molar-refractivity contribution in [1.29, 1.82) is 0 Å². The SMILES string of the molecule is CNC(C)c1csc(N2CCCSCC2)n1. The molecule has 2 rings (SSSR count). The lowest BCUT2D eigenvalue weighted by molar-refractivity contribution is 0.635. The molecule has 3 nitrogen and oxygen atoms in total. The van der Waals surface area contributed by atoms with E-state index in [1.54, 1.807) is 11.3 Å². The molecule has 1 N–H and O–H groups in total.